The van der Waals surface area contributed by atoms with Crippen molar-refractivity contribution in [3.63, 3.8) is 0 Å². The minimum atomic E-state index is -0.449. The number of furan rings is 1. The van der Waals surface area contributed by atoms with Crippen LogP contribution in [-0.2, 0) is 0 Å². The third-order valence-electron chi connectivity index (χ3n) is 4.11. The van der Waals surface area contributed by atoms with Gasteiger partial charge in [0, 0.05) is 31.0 Å². The summed E-state index contributed by atoms with van der Waals surface area (Å²) in [4.78, 5) is 19.1. The Morgan fingerprint density at radius 1 is 1.31 bits per heavy atom. The lowest BCUT2D eigenvalue weighted by Crippen LogP contribution is -2.22. The quantitative estimate of drug-likeness (QED) is 0.815. The van der Waals surface area contributed by atoms with Crippen molar-refractivity contribution in [2.24, 2.45) is 4.99 Å². The van der Waals surface area contributed by atoms with Gasteiger partial charge >= 0.3 is 0 Å². The number of aliphatic imine (C=N–C) groups is 1. The van der Waals surface area contributed by atoms with Gasteiger partial charge in [0.15, 0.2) is 17.2 Å². The van der Waals surface area contributed by atoms with Crippen molar-refractivity contribution in [2.45, 2.75) is 0 Å². The Bertz CT molecular complexity index is 1030. The molecule has 2 aromatic rings. The third-order valence-corrected chi connectivity index (χ3v) is 4.11. The van der Waals surface area contributed by atoms with E-state index in [9.17, 15) is 9.90 Å². The molecule has 1 aromatic carbocycles. The van der Waals surface area contributed by atoms with Crippen LogP contribution in [0.5, 0.6) is 17.2 Å². The fourth-order valence-corrected chi connectivity index (χ4v) is 2.93. The van der Waals surface area contributed by atoms with Gasteiger partial charge in [-0.2, -0.15) is 0 Å². The predicted molar refractivity (Wildman–Crippen MR) is 94.1 cm³/mol. The number of methoxy groups -OCH3 is 2. The number of phenolic OH excluding ortho intramolecular Hbond substituents is 1. The summed E-state index contributed by atoms with van der Waals surface area (Å²) in [7, 11) is 2.81. The molecule has 0 unspecified atom stereocenters. The maximum Gasteiger partial charge on any atom is 0.205 e. The maximum atomic E-state index is 13.1. The smallest absolute Gasteiger partial charge is 0.205 e. The standard InChI is InChI=1S/C18H15N3O5/c1-24-16-11-3-6-26-17(11)18(25-2)15(23)13(16)14(22)10-7-20-12-8-19-4-5-21(12)9-10/h3-9,19,23H,1-2H3. The summed E-state index contributed by atoms with van der Waals surface area (Å²) in [6.07, 6.45) is 9.65. The Kier molecular flexibility index (Phi) is 3.65. The van der Waals surface area contributed by atoms with Gasteiger partial charge in [-0.05, 0) is 6.07 Å². The first kappa shape index (κ1) is 15.8. The molecule has 4 rings (SSSR count). The molecule has 3 heterocycles. The number of fused-ring (bicyclic) bond motifs is 2. The summed E-state index contributed by atoms with van der Waals surface area (Å²) in [5.74, 6) is 0.135. The van der Waals surface area contributed by atoms with E-state index in [1.807, 2.05) is 0 Å². The molecular weight excluding hydrogens is 338 g/mol. The van der Waals surface area contributed by atoms with Crippen molar-refractivity contribution in [3.05, 3.63) is 54.1 Å². The summed E-state index contributed by atoms with van der Waals surface area (Å²) >= 11 is 0. The lowest BCUT2D eigenvalue weighted by atomic mass is 9.99. The third kappa shape index (κ3) is 2.23. The molecule has 0 spiro atoms. The van der Waals surface area contributed by atoms with Crippen LogP contribution in [-0.4, -0.2) is 36.2 Å². The number of carbonyl (C=O) groups is 1. The Morgan fingerprint density at radius 2 is 2.12 bits per heavy atom. The molecule has 26 heavy (non-hydrogen) atoms. The van der Waals surface area contributed by atoms with Crippen LogP contribution in [0.25, 0.3) is 11.0 Å². The zero-order valence-electron chi connectivity index (χ0n) is 14.0. The fourth-order valence-electron chi connectivity index (χ4n) is 2.93. The van der Waals surface area contributed by atoms with Crippen LogP contribution in [0, 0.1) is 0 Å². The van der Waals surface area contributed by atoms with Gasteiger partial charge in [-0.1, -0.05) is 0 Å². The van der Waals surface area contributed by atoms with Crippen LogP contribution in [0.1, 0.15) is 10.4 Å². The van der Waals surface area contributed by atoms with E-state index in [1.54, 1.807) is 35.8 Å². The highest BCUT2D eigenvalue weighted by Crippen LogP contribution is 2.46. The molecule has 1 aromatic heterocycles. The van der Waals surface area contributed by atoms with Crippen molar-refractivity contribution in [2.75, 3.05) is 14.2 Å². The normalized spacial score (nSPS) is 15.2. The second-order valence-electron chi connectivity index (χ2n) is 5.52. The van der Waals surface area contributed by atoms with Crippen molar-refractivity contribution >= 4 is 23.0 Å². The number of phenols is 1. The number of nitrogens with one attached hydrogen (secondary N) is 1. The molecule has 0 saturated heterocycles. The number of hydrogen-bond donors (Lipinski definition) is 2. The Labute approximate surface area is 148 Å². The molecule has 8 heteroatoms. The lowest BCUT2D eigenvalue weighted by molar-refractivity contribution is 0.103. The molecule has 8 nitrogen and oxygen atoms in total. The highest BCUT2D eigenvalue weighted by molar-refractivity contribution is 6.25. The van der Waals surface area contributed by atoms with Crippen molar-refractivity contribution in [3.8, 4) is 17.2 Å². The van der Waals surface area contributed by atoms with E-state index < -0.39 is 5.78 Å². The number of rotatable bonds is 4. The zero-order chi connectivity index (χ0) is 18.3. The Hall–Kier alpha value is -3.68. The van der Waals surface area contributed by atoms with E-state index >= 15 is 0 Å². The Morgan fingerprint density at radius 3 is 2.88 bits per heavy atom. The number of benzene rings is 1. The molecule has 0 amide bonds. The van der Waals surface area contributed by atoms with E-state index in [4.69, 9.17) is 13.9 Å². The van der Waals surface area contributed by atoms with Gasteiger partial charge < -0.3 is 29.2 Å². The number of ketones is 1. The molecule has 0 saturated carbocycles. The minimum absolute atomic E-state index is 0.0116. The molecule has 0 aliphatic carbocycles. The molecular formula is C18H15N3O5. The molecule has 0 fully saturated rings. The summed E-state index contributed by atoms with van der Waals surface area (Å²) in [6.45, 7) is 0. The number of Topliss-reactive ketones (excluding diaryl/α,β-unsaturated/α-hetero) is 1. The van der Waals surface area contributed by atoms with E-state index in [0.29, 0.717) is 16.8 Å². The van der Waals surface area contributed by atoms with Crippen LogP contribution >= 0.6 is 0 Å². The van der Waals surface area contributed by atoms with Crippen LogP contribution in [0.4, 0.5) is 0 Å². The SMILES string of the molecule is COc1c(C(=O)C2=CN3C=CNC=C3N=C2)c(O)c(OC)c2occc12. The maximum absolute atomic E-state index is 13.1. The van der Waals surface area contributed by atoms with Gasteiger partial charge in [0.05, 0.1) is 31.4 Å². The van der Waals surface area contributed by atoms with Gasteiger partial charge in [0.1, 0.15) is 11.3 Å². The molecule has 2 aliphatic rings. The number of ether oxygens (including phenoxy) is 2. The first-order valence-electron chi connectivity index (χ1n) is 7.71. The number of aromatic hydroxyl groups is 1. The van der Waals surface area contributed by atoms with Gasteiger partial charge in [-0.3, -0.25) is 4.79 Å². The predicted octanol–water partition coefficient (Wildman–Crippen LogP) is 2.48. The first-order chi connectivity index (χ1) is 12.7. The van der Waals surface area contributed by atoms with Crippen LogP contribution in [0.2, 0.25) is 0 Å². The monoisotopic (exact) mass is 353 g/mol. The number of allylic oxidation sites excluding steroid dienone is 1. The van der Waals surface area contributed by atoms with E-state index in [2.05, 4.69) is 10.3 Å². The molecule has 2 N–H and O–H groups in total. The average Bonchev–Trinajstić information content (AvgIpc) is 3.15. The topological polar surface area (TPSA) is 96.5 Å². The lowest BCUT2D eigenvalue weighted by Gasteiger charge is -2.23. The minimum Gasteiger partial charge on any atom is -0.504 e. The van der Waals surface area contributed by atoms with Crippen LogP contribution in [0.15, 0.2) is 57.9 Å². The van der Waals surface area contributed by atoms with Crippen LogP contribution < -0.4 is 14.8 Å². The highest BCUT2D eigenvalue weighted by atomic mass is 16.5. The van der Waals surface area contributed by atoms with E-state index in [1.165, 1.54) is 26.7 Å². The largest absolute Gasteiger partial charge is 0.504 e. The summed E-state index contributed by atoms with van der Waals surface area (Å²) in [6, 6.07) is 1.65. The van der Waals surface area contributed by atoms with Gasteiger partial charge in [0.2, 0.25) is 11.5 Å². The van der Waals surface area contributed by atoms with E-state index in [0.717, 1.165) is 0 Å². The molecule has 132 valence electrons. The fraction of sp³-hybridized carbons (Fsp3) is 0.111. The first-order valence-corrected chi connectivity index (χ1v) is 7.71. The average molecular weight is 353 g/mol. The van der Waals surface area contributed by atoms with E-state index in [-0.39, 0.29) is 28.4 Å². The zero-order valence-corrected chi connectivity index (χ0v) is 14.0. The van der Waals surface area contributed by atoms with Crippen molar-refractivity contribution in [1.29, 1.82) is 0 Å². The van der Waals surface area contributed by atoms with Gasteiger partial charge in [-0.25, -0.2) is 4.99 Å². The van der Waals surface area contributed by atoms with Gasteiger partial charge in [-0.15, -0.1) is 0 Å². The van der Waals surface area contributed by atoms with Crippen LogP contribution in [0.3, 0.4) is 0 Å². The summed E-state index contributed by atoms with van der Waals surface area (Å²) in [5, 5.41) is 14.1. The van der Waals surface area contributed by atoms with Gasteiger partial charge in [0.25, 0.3) is 0 Å². The second-order valence-corrected chi connectivity index (χ2v) is 5.52. The second kappa shape index (κ2) is 5.99. The van der Waals surface area contributed by atoms with Crippen molar-refractivity contribution < 1.29 is 23.8 Å². The Balaban J connectivity index is 1.87. The molecule has 0 bridgehead atoms. The van der Waals surface area contributed by atoms with Crippen molar-refractivity contribution in [1.82, 2.24) is 10.2 Å². The molecule has 2 aliphatic heterocycles. The number of carbonyl (C=O) groups excluding carboxylic acids is 1. The number of nitrogens with zero attached hydrogens (tertiary/aromatic N) is 2. The molecule has 0 radical (unpaired) electrons. The summed E-state index contributed by atoms with van der Waals surface area (Å²) < 4.78 is 16.0. The summed E-state index contributed by atoms with van der Waals surface area (Å²) in [5.41, 5.74) is 0.578. The number of hydrogen-bond acceptors (Lipinski definition) is 8. The highest BCUT2D eigenvalue weighted by Gasteiger charge is 2.30. The molecule has 0 atom stereocenters.